The van der Waals surface area contributed by atoms with Crippen molar-refractivity contribution in [3.63, 3.8) is 0 Å². The largest absolute Gasteiger partial charge is 0.378 e. The summed E-state index contributed by atoms with van der Waals surface area (Å²) < 4.78 is 21.2. The Labute approximate surface area is 504 Å². The van der Waals surface area contributed by atoms with Gasteiger partial charge in [-0.15, -0.1) is 0 Å². The summed E-state index contributed by atoms with van der Waals surface area (Å²) in [5.41, 5.74) is 12.6. The van der Waals surface area contributed by atoms with Gasteiger partial charge in [0.25, 0.3) is 0 Å². The van der Waals surface area contributed by atoms with Gasteiger partial charge in [-0.2, -0.15) is 11.8 Å². The first-order valence-corrected chi connectivity index (χ1v) is 29.9. The third-order valence-electron chi connectivity index (χ3n) is 12.9. The number of ether oxygens (including phenoxy) is 4. The molecular weight excluding hydrogens is 1140 g/mol. The van der Waals surface area contributed by atoms with Gasteiger partial charge in [0.2, 0.25) is 59.1 Å². The molecule has 0 saturated heterocycles. The molecule has 86 heavy (non-hydrogen) atoms. The number of aromatic nitrogens is 3. The molecular formula is C56H88N14O15S. The number of Topliss-reactive ketones (excluding diaryl/α,β-unsaturated/α-hetero) is 1. The minimum Gasteiger partial charge on any atom is -0.378 e. The highest BCUT2D eigenvalue weighted by Gasteiger charge is 2.34. The average Bonchev–Trinajstić information content (AvgIpc) is 2.56. The summed E-state index contributed by atoms with van der Waals surface area (Å²) in [5.74, 6) is -7.43. The van der Waals surface area contributed by atoms with Crippen LogP contribution in [-0.4, -0.2) is 207 Å². The van der Waals surface area contributed by atoms with Crippen LogP contribution in [0.1, 0.15) is 78.5 Å². The first-order valence-electron chi connectivity index (χ1n) is 28.5. The topological polar surface area (TPSA) is 429 Å². The first kappa shape index (κ1) is 72.7. The van der Waals surface area contributed by atoms with E-state index in [4.69, 9.17) is 30.4 Å². The Hall–Kier alpha value is -7.51. The maximum absolute atomic E-state index is 14.2. The van der Waals surface area contributed by atoms with E-state index < -0.39 is 115 Å². The van der Waals surface area contributed by atoms with E-state index in [0.29, 0.717) is 43.2 Å². The molecule has 15 N–H and O–H groups in total. The van der Waals surface area contributed by atoms with Crippen LogP contribution in [-0.2, 0) is 84.5 Å². The molecule has 0 fully saturated rings. The van der Waals surface area contributed by atoms with Gasteiger partial charge in [-0.3, -0.25) is 52.7 Å². The van der Waals surface area contributed by atoms with Gasteiger partial charge in [-0.25, -0.2) is 4.98 Å². The Bertz CT molecular complexity index is 2660. The van der Waals surface area contributed by atoms with Gasteiger partial charge in [-0.05, 0) is 68.6 Å². The number of carbonyl (C=O) groups is 11. The van der Waals surface area contributed by atoms with Gasteiger partial charge in [-0.1, -0.05) is 45.9 Å². The van der Waals surface area contributed by atoms with Crippen molar-refractivity contribution in [2.45, 2.75) is 122 Å². The van der Waals surface area contributed by atoms with Crippen LogP contribution in [0.3, 0.4) is 0 Å². The molecule has 0 aliphatic carbocycles. The highest BCUT2D eigenvalue weighted by molar-refractivity contribution is 7.98. The second kappa shape index (κ2) is 40.0. The van der Waals surface area contributed by atoms with Crippen molar-refractivity contribution < 1.29 is 71.7 Å². The van der Waals surface area contributed by atoms with E-state index in [1.54, 1.807) is 38.2 Å². The number of carbonyl (C=O) groups excluding carboxylic acids is 11. The van der Waals surface area contributed by atoms with Crippen molar-refractivity contribution in [3.8, 4) is 0 Å². The van der Waals surface area contributed by atoms with Crippen LogP contribution in [0.2, 0.25) is 0 Å². The zero-order chi connectivity index (χ0) is 63.6. The predicted molar refractivity (Wildman–Crippen MR) is 318 cm³/mol. The number of ketones is 1. The number of nitrogens with two attached hydrogens (primary N) is 2. The van der Waals surface area contributed by atoms with E-state index >= 15 is 0 Å². The second-order valence-electron chi connectivity index (χ2n) is 20.9. The maximum Gasteiger partial charge on any atom is 0.246 e. The van der Waals surface area contributed by atoms with E-state index in [0.717, 1.165) is 10.9 Å². The summed E-state index contributed by atoms with van der Waals surface area (Å²) in [7, 11) is 0. The van der Waals surface area contributed by atoms with Gasteiger partial charge >= 0.3 is 0 Å². The van der Waals surface area contributed by atoms with E-state index in [9.17, 15) is 52.7 Å². The lowest BCUT2D eigenvalue weighted by Gasteiger charge is -2.26. The van der Waals surface area contributed by atoms with Crippen LogP contribution >= 0.6 is 11.8 Å². The minimum absolute atomic E-state index is 0.0333. The van der Waals surface area contributed by atoms with Crippen LogP contribution in [0, 0.1) is 11.8 Å². The summed E-state index contributed by atoms with van der Waals surface area (Å²) in [6, 6.07) is -1.21. The highest BCUT2D eigenvalue weighted by Crippen LogP contribution is 2.20. The van der Waals surface area contributed by atoms with E-state index in [-0.39, 0.29) is 89.3 Å². The first-order chi connectivity index (χ1) is 41.0. The molecule has 30 heteroatoms. The van der Waals surface area contributed by atoms with Crippen molar-refractivity contribution in [2.24, 2.45) is 23.3 Å². The number of nitrogens with one attached hydrogen (secondary N) is 11. The number of hydrogen-bond donors (Lipinski definition) is 13. The molecule has 0 aliphatic heterocycles. The molecule has 0 bridgehead atoms. The van der Waals surface area contributed by atoms with Crippen molar-refractivity contribution >= 4 is 87.5 Å². The van der Waals surface area contributed by atoms with Gasteiger partial charge in [0, 0.05) is 61.3 Å². The number of primary amides is 1. The lowest BCUT2D eigenvalue weighted by Crippen LogP contribution is -2.59. The monoisotopic (exact) mass is 1230 g/mol. The lowest BCUT2D eigenvalue weighted by atomic mass is 10.0. The smallest absolute Gasteiger partial charge is 0.246 e. The molecule has 10 amide bonds. The summed E-state index contributed by atoms with van der Waals surface area (Å²) in [5, 5.41) is 24.4. The molecule has 478 valence electrons. The molecule has 0 saturated carbocycles. The number of amides is 10. The average molecular weight is 1230 g/mol. The summed E-state index contributed by atoms with van der Waals surface area (Å²) in [6.07, 6.45) is 6.23. The van der Waals surface area contributed by atoms with Gasteiger partial charge < -0.3 is 88.2 Å². The Morgan fingerprint density at radius 1 is 0.616 bits per heavy atom. The van der Waals surface area contributed by atoms with Crippen molar-refractivity contribution in [3.05, 3.63) is 54.2 Å². The molecule has 3 rings (SSSR count). The number of hydrogen-bond acceptors (Lipinski definition) is 18. The summed E-state index contributed by atoms with van der Waals surface area (Å²) in [4.78, 5) is 156. The normalized spacial score (nSPS) is 13.7. The van der Waals surface area contributed by atoms with Crippen LogP contribution < -0.4 is 59.3 Å². The van der Waals surface area contributed by atoms with E-state index in [1.165, 1.54) is 38.1 Å². The maximum atomic E-state index is 14.2. The lowest BCUT2D eigenvalue weighted by molar-refractivity contribution is -0.135. The van der Waals surface area contributed by atoms with Crippen molar-refractivity contribution in [1.29, 1.82) is 0 Å². The fourth-order valence-corrected chi connectivity index (χ4v) is 8.83. The summed E-state index contributed by atoms with van der Waals surface area (Å²) in [6.45, 7) is 10.1. The SMILES string of the molecule is CSCC[C@H](NC(=O)[C@H](CC(C)C)NC(=O)[C@H](Cc1cnc[nH]1)NC(=O)CNC(=O)[C@@H](NC(=O)[C@H](C)NC(=O)[C@H](Cc1c[nH]c2ccccc12)NC(=O)[C@H](CCC(N)=O)NC(=O)COCCOCCNC(=O)COCCOCCN)C(C)C)C(C)=O. The van der Waals surface area contributed by atoms with Crippen molar-refractivity contribution in [2.75, 3.05) is 84.5 Å². The minimum atomic E-state index is -1.38. The molecule has 0 aliphatic rings. The molecule has 0 spiro atoms. The van der Waals surface area contributed by atoms with E-state index in [2.05, 4.69) is 62.8 Å². The Kier molecular flexibility index (Phi) is 33.8. The van der Waals surface area contributed by atoms with Gasteiger partial charge in [0.1, 0.15) is 49.5 Å². The fraction of sp³-hybridized carbons (Fsp3) is 0.607. The number of imidazole rings is 1. The number of para-hydroxylation sites is 1. The standard InChI is InChI=1S/C56H88N14O15S/c1-33(2)24-43(54(79)67-40(36(6)71)14-23-86-7)68-55(80)45(26-38-28-59-32-63-38)66-47(73)29-62-56(81)50(34(3)4)70-51(76)35(5)64-53(78)44(25-37-27-61-41-11-9-8-10-39(37)41)69-52(77)42(12-13-46(58)72)65-49(75)31-85-22-20-83-18-16-60-48(74)30-84-21-19-82-17-15-57/h8-11,27-28,32-35,40,42-45,50,61H,12-26,29-31,57H2,1-7H3,(H2,58,72)(H,59,63)(H,60,74)(H,62,81)(H,64,78)(H,65,75)(H,66,73)(H,67,79)(H,68,80)(H,69,77)(H,70,76)/t35-,40-,42-,43-,44-,45-,50-/m0/s1. The molecule has 0 unspecified atom stereocenters. The zero-order valence-corrected chi connectivity index (χ0v) is 50.9. The molecule has 2 aromatic heterocycles. The predicted octanol–water partition coefficient (Wildman–Crippen LogP) is -2.34. The fourth-order valence-electron chi connectivity index (χ4n) is 8.36. The number of nitrogens with zero attached hydrogens (tertiary/aromatic N) is 1. The number of benzene rings is 1. The third kappa shape index (κ3) is 28.1. The highest BCUT2D eigenvalue weighted by atomic mass is 32.2. The Balaban J connectivity index is 1.66. The number of thioether (sulfide) groups is 1. The molecule has 29 nitrogen and oxygen atoms in total. The van der Waals surface area contributed by atoms with Gasteiger partial charge in [0.05, 0.1) is 58.6 Å². The third-order valence-corrected chi connectivity index (χ3v) is 13.6. The number of rotatable bonds is 44. The number of H-pyrrole nitrogens is 2. The Morgan fingerprint density at radius 3 is 1.86 bits per heavy atom. The van der Waals surface area contributed by atoms with Crippen LogP contribution in [0.4, 0.5) is 0 Å². The molecule has 2 heterocycles. The number of fused-ring (bicyclic) bond motifs is 1. The Morgan fingerprint density at radius 2 is 1.22 bits per heavy atom. The van der Waals surface area contributed by atoms with Crippen LogP contribution in [0.25, 0.3) is 10.9 Å². The number of aromatic amines is 2. The molecule has 7 atom stereocenters. The van der Waals surface area contributed by atoms with Crippen LogP contribution in [0.15, 0.2) is 43.0 Å². The quantitative estimate of drug-likeness (QED) is 0.0264. The molecule has 0 radical (unpaired) electrons. The van der Waals surface area contributed by atoms with E-state index in [1.807, 2.05) is 26.2 Å². The van der Waals surface area contributed by atoms with Crippen molar-refractivity contribution in [1.82, 2.24) is 62.8 Å². The summed E-state index contributed by atoms with van der Waals surface area (Å²) >= 11 is 1.52. The molecule has 3 aromatic rings. The van der Waals surface area contributed by atoms with Gasteiger partial charge in [0.15, 0.2) is 5.78 Å². The van der Waals surface area contributed by atoms with Crippen LogP contribution in [0.5, 0.6) is 0 Å². The zero-order valence-electron chi connectivity index (χ0n) is 50.1. The molecule has 1 aromatic carbocycles. The second-order valence-corrected chi connectivity index (χ2v) is 21.9.